The van der Waals surface area contributed by atoms with Crippen molar-refractivity contribution in [1.29, 1.82) is 0 Å². The Morgan fingerprint density at radius 2 is 1.02 bits per heavy atom. The molecule has 0 fully saturated rings. The zero-order valence-corrected chi connectivity index (χ0v) is 31.1. The van der Waals surface area contributed by atoms with E-state index in [4.69, 9.17) is 14.4 Å². The number of hydrogen-bond acceptors (Lipinski definition) is 3. The van der Waals surface area contributed by atoms with Gasteiger partial charge in [-0.2, -0.15) is 0 Å². The van der Waals surface area contributed by atoms with E-state index in [0.29, 0.717) is 5.82 Å². The molecular formula is C53H36N2O. The molecule has 0 atom stereocenters. The van der Waals surface area contributed by atoms with Crippen LogP contribution in [0.1, 0.15) is 25.0 Å². The van der Waals surface area contributed by atoms with Crippen molar-refractivity contribution < 1.29 is 4.42 Å². The van der Waals surface area contributed by atoms with Gasteiger partial charge in [0.15, 0.2) is 5.82 Å². The van der Waals surface area contributed by atoms with Gasteiger partial charge in [-0.25, -0.2) is 9.97 Å². The van der Waals surface area contributed by atoms with Crippen LogP contribution in [0.25, 0.3) is 100.0 Å². The third-order valence-corrected chi connectivity index (χ3v) is 11.7. The molecule has 0 unspecified atom stereocenters. The van der Waals surface area contributed by atoms with E-state index in [0.717, 1.165) is 72.3 Å². The van der Waals surface area contributed by atoms with E-state index in [1.54, 1.807) is 0 Å². The maximum atomic E-state index is 6.31. The number of benzene rings is 8. The first kappa shape index (κ1) is 32.3. The Morgan fingerprint density at radius 3 is 1.82 bits per heavy atom. The Bertz CT molecular complexity index is 3140. The molecule has 264 valence electrons. The summed E-state index contributed by atoms with van der Waals surface area (Å²) in [6.07, 6.45) is 0. The Hall–Kier alpha value is -7.10. The summed E-state index contributed by atoms with van der Waals surface area (Å²) in [6, 6.07) is 64.8. The van der Waals surface area contributed by atoms with E-state index in [1.807, 2.05) is 24.3 Å². The number of para-hydroxylation sites is 1. The zero-order chi connectivity index (χ0) is 37.4. The Balaban J connectivity index is 1.04. The highest BCUT2D eigenvalue weighted by molar-refractivity contribution is 5.99. The Kier molecular flexibility index (Phi) is 7.20. The van der Waals surface area contributed by atoms with Gasteiger partial charge in [0.1, 0.15) is 11.3 Å². The molecule has 0 saturated heterocycles. The summed E-state index contributed by atoms with van der Waals surface area (Å²) in [5.74, 6) is 1.58. The van der Waals surface area contributed by atoms with Gasteiger partial charge in [0.25, 0.3) is 0 Å². The highest BCUT2D eigenvalue weighted by Gasteiger charge is 2.37. The summed E-state index contributed by atoms with van der Waals surface area (Å²) in [6.45, 7) is 4.68. The maximum absolute atomic E-state index is 6.31. The van der Waals surface area contributed by atoms with Crippen molar-refractivity contribution in [2.24, 2.45) is 0 Å². The van der Waals surface area contributed by atoms with Gasteiger partial charge in [-0.3, -0.25) is 0 Å². The molecule has 8 aromatic carbocycles. The van der Waals surface area contributed by atoms with Crippen molar-refractivity contribution in [3.05, 3.63) is 193 Å². The minimum atomic E-state index is -0.146. The smallest absolute Gasteiger partial charge is 0.160 e. The summed E-state index contributed by atoms with van der Waals surface area (Å²) in [7, 11) is 0. The van der Waals surface area contributed by atoms with Crippen molar-refractivity contribution >= 4 is 32.5 Å². The third-order valence-electron chi connectivity index (χ3n) is 11.7. The van der Waals surface area contributed by atoms with Crippen LogP contribution in [-0.2, 0) is 5.41 Å². The molecular weight excluding hydrogens is 681 g/mol. The summed E-state index contributed by atoms with van der Waals surface area (Å²) >= 11 is 0. The van der Waals surface area contributed by atoms with Crippen LogP contribution in [-0.4, -0.2) is 9.97 Å². The lowest BCUT2D eigenvalue weighted by Gasteiger charge is -2.22. The summed E-state index contributed by atoms with van der Waals surface area (Å²) in [4.78, 5) is 10.5. The van der Waals surface area contributed by atoms with Crippen molar-refractivity contribution in [1.82, 2.24) is 9.97 Å². The molecule has 1 aliphatic rings. The van der Waals surface area contributed by atoms with Gasteiger partial charge in [0, 0.05) is 33.1 Å². The standard InChI is InChI=1S/C53H36N2O/c1-53(2)45-21-12-20-43(51(45)44-29-34-15-6-7-16-35(34)30-46(44)53)48-32-47(54-52(55-48)33-13-4-3-5-14-33)39-26-24-36-27-38(25-23-37(36)28-39)41-18-9-10-19-42(41)50-31-40-17-8-11-22-49(40)56-50/h3-32H,1-2H3. The average Bonchev–Trinajstić information content (AvgIpc) is 3.79. The monoisotopic (exact) mass is 716 g/mol. The first-order valence-electron chi connectivity index (χ1n) is 19.2. The lowest BCUT2D eigenvalue weighted by Crippen LogP contribution is -2.14. The van der Waals surface area contributed by atoms with Gasteiger partial charge in [-0.05, 0) is 97.4 Å². The zero-order valence-electron chi connectivity index (χ0n) is 31.1. The van der Waals surface area contributed by atoms with Crippen LogP contribution >= 0.6 is 0 Å². The van der Waals surface area contributed by atoms with Crippen LogP contribution in [0.2, 0.25) is 0 Å². The number of fused-ring (bicyclic) bond motifs is 6. The molecule has 0 N–H and O–H groups in total. The largest absolute Gasteiger partial charge is 0.456 e. The summed E-state index contributed by atoms with van der Waals surface area (Å²) in [5, 5.41) is 5.93. The van der Waals surface area contributed by atoms with Crippen LogP contribution in [0.15, 0.2) is 186 Å². The predicted molar refractivity (Wildman–Crippen MR) is 232 cm³/mol. The normalized spacial score (nSPS) is 13.0. The van der Waals surface area contributed by atoms with Gasteiger partial charge in [0.05, 0.1) is 11.4 Å². The molecule has 0 amide bonds. The molecule has 2 heterocycles. The quantitative estimate of drug-likeness (QED) is 0.178. The molecule has 10 aromatic rings. The van der Waals surface area contributed by atoms with E-state index < -0.39 is 0 Å². The second kappa shape index (κ2) is 12.5. The minimum Gasteiger partial charge on any atom is -0.456 e. The fourth-order valence-corrected chi connectivity index (χ4v) is 8.77. The third kappa shape index (κ3) is 5.20. The molecule has 0 spiro atoms. The molecule has 1 aliphatic carbocycles. The Labute approximate surface area is 325 Å². The van der Waals surface area contributed by atoms with E-state index in [2.05, 4.69) is 172 Å². The van der Waals surface area contributed by atoms with Crippen LogP contribution in [0.3, 0.4) is 0 Å². The van der Waals surface area contributed by atoms with Crippen molar-refractivity contribution in [2.45, 2.75) is 19.3 Å². The first-order chi connectivity index (χ1) is 27.5. The first-order valence-corrected chi connectivity index (χ1v) is 19.2. The number of rotatable bonds is 5. The number of aromatic nitrogens is 2. The van der Waals surface area contributed by atoms with Gasteiger partial charge in [-0.1, -0.05) is 153 Å². The fourth-order valence-electron chi connectivity index (χ4n) is 8.77. The predicted octanol–water partition coefficient (Wildman–Crippen LogP) is 14.2. The van der Waals surface area contributed by atoms with Crippen molar-refractivity contribution in [3.63, 3.8) is 0 Å². The lowest BCUT2D eigenvalue weighted by atomic mass is 9.81. The molecule has 2 aromatic heterocycles. The van der Waals surface area contributed by atoms with E-state index in [1.165, 1.54) is 33.0 Å². The maximum Gasteiger partial charge on any atom is 0.160 e. The van der Waals surface area contributed by atoms with E-state index in [-0.39, 0.29) is 5.41 Å². The second-order valence-electron chi connectivity index (χ2n) is 15.4. The van der Waals surface area contributed by atoms with Crippen molar-refractivity contribution in [2.75, 3.05) is 0 Å². The SMILES string of the molecule is CC1(C)c2cc3ccccc3cc2-c2c(-c3cc(-c4ccc5cc(-c6ccccc6-c6cc7ccccc7o6)ccc5c4)nc(-c4ccccc4)n3)cccc21. The lowest BCUT2D eigenvalue weighted by molar-refractivity contribution is 0.632. The number of nitrogens with zero attached hydrogens (tertiary/aromatic N) is 2. The average molecular weight is 717 g/mol. The molecule has 3 nitrogen and oxygen atoms in total. The second-order valence-corrected chi connectivity index (χ2v) is 15.4. The highest BCUT2D eigenvalue weighted by Crippen LogP contribution is 2.53. The number of hydrogen-bond donors (Lipinski definition) is 0. The van der Waals surface area contributed by atoms with Crippen LogP contribution in [0.4, 0.5) is 0 Å². The molecule has 0 radical (unpaired) electrons. The van der Waals surface area contributed by atoms with Crippen molar-refractivity contribution in [3.8, 4) is 67.5 Å². The van der Waals surface area contributed by atoms with Crippen LogP contribution < -0.4 is 0 Å². The van der Waals surface area contributed by atoms with E-state index >= 15 is 0 Å². The minimum absolute atomic E-state index is 0.146. The van der Waals surface area contributed by atoms with Crippen LogP contribution in [0.5, 0.6) is 0 Å². The fraction of sp³-hybridized carbons (Fsp3) is 0.0566. The molecule has 0 bridgehead atoms. The molecule has 3 heteroatoms. The number of furan rings is 1. The highest BCUT2D eigenvalue weighted by atomic mass is 16.3. The van der Waals surface area contributed by atoms with Crippen LogP contribution in [0, 0.1) is 0 Å². The topological polar surface area (TPSA) is 38.9 Å². The summed E-state index contributed by atoms with van der Waals surface area (Å²) < 4.78 is 6.31. The van der Waals surface area contributed by atoms with Gasteiger partial charge < -0.3 is 4.42 Å². The van der Waals surface area contributed by atoms with Gasteiger partial charge in [-0.15, -0.1) is 0 Å². The molecule has 11 rings (SSSR count). The molecule has 0 saturated carbocycles. The summed E-state index contributed by atoms with van der Waals surface area (Å²) in [5.41, 5.74) is 14.3. The Morgan fingerprint density at radius 1 is 0.393 bits per heavy atom. The molecule has 0 aliphatic heterocycles. The van der Waals surface area contributed by atoms with E-state index in [9.17, 15) is 0 Å². The molecule has 56 heavy (non-hydrogen) atoms. The van der Waals surface area contributed by atoms with Gasteiger partial charge in [0.2, 0.25) is 0 Å². The van der Waals surface area contributed by atoms with Gasteiger partial charge >= 0.3 is 0 Å².